The van der Waals surface area contributed by atoms with E-state index in [4.69, 9.17) is 5.73 Å². The van der Waals surface area contributed by atoms with Gasteiger partial charge in [0.25, 0.3) is 0 Å². The van der Waals surface area contributed by atoms with E-state index in [9.17, 15) is 0 Å². The molecule has 58 valence electrons. The number of nitrogens with two attached hydrogens (primary N) is 1. The molecule has 0 spiro atoms. The zero-order valence-electron chi connectivity index (χ0n) is 6.34. The lowest BCUT2D eigenvalue weighted by Gasteiger charge is -2.09. The van der Waals surface area contributed by atoms with E-state index in [1.807, 2.05) is 0 Å². The van der Waals surface area contributed by atoms with Crippen molar-refractivity contribution in [1.82, 2.24) is 5.32 Å². The fourth-order valence-electron chi connectivity index (χ4n) is 2.44. The van der Waals surface area contributed by atoms with Gasteiger partial charge in [0, 0.05) is 18.6 Å². The number of nitrogens with one attached hydrogen (secondary N) is 1. The average molecular weight is 140 g/mol. The molecule has 10 heavy (non-hydrogen) atoms. The standard InChI is InChI=1S/C8H16N2/c9-5-7-4-6-2-1-3-8(6)10-7/h6-8,10H,1-5,9H2/t6-,7-,8-/m1/s1. The SMILES string of the molecule is NC[C@H]1C[C@H]2CCC[C@H]2N1. The molecule has 0 unspecified atom stereocenters. The minimum atomic E-state index is 0.635. The van der Waals surface area contributed by atoms with E-state index in [-0.39, 0.29) is 0 Å². The summed E-state index contributed by atoms with van der Waals surface area (Å²) in [7, 11) is 0. The Morgan fingerprint density at radius 2 is 2.30 bits per heavy atom. The Labute approximate surface area is 62.2 Å². The first kappa shape index (κ1) is 6.62. The van der Waals surface area contributed by atoms with Crippen LogP contribution in [0.1, 0.15) is 25.7 Å². The lowest BCUT2D eigenvalue weighted by Crippen LogP contribution is -2.34. The van der Waals surface area contributed by atoms with Gasteiger partial charge in [0.2, 0.25) is 0 Å². The number of hydrogen-bond acceptors (Lipinski definition) is 2. The summed E-state index contributed by atoms with van der Waals surface area (Å²) in [5, 5.41) is 3.58. The van der Waals surface area contributed by atoms with E-state index in [1.165, 1.54) is 25.7 Å². The third-order valence-electron chi connectivity index (χ3n) is 2.98. The van der Waals surface area contributed by atoms with Crippen LogP contribution in [0.2, 0.25) is 0 Å². The van der Waals surface area contributed by atoms with Crippen LogP contribution < -0.4 is 11.1 Å². The summed E-state index contributed by atoms with van der Waals surface area (Å²) < 4.78 is 0. The number of fused-ring (bicyclic) bond motifs is 1. The van der Waals surface area contributed by atoms with E-state index in [0.717, 1.165) is 18.5 Å². The molecule has 0 aromatic heterocycles. The number of rotatable bonds is 1. The molecule has 2 rings (SSSR count). The molecular weight excluding hydrogens is 124 g/mol. The molecule has 1 aliphatic heterocycles. The lowest BCUT2D eigenvalue weighted by atomic mass is 10.0. The molecule has 1 heterocycles. The minimum Gasteiger partial charge on any atom is -0.329 e. The molecule has 3 N–H and O–H groups in total. The van der Waals surface area contributed by atoms with Crippen LogP contribution in [-0.2, 0) is 0 Å². The molecule has 2 fully saturated rings. The normalized spacial score (nSPS) is 45.9. The molecule has 0 amide bonds. The molecule has 0 aromatic carbocycles. The first-order valence-corrected chi connectivity index (χ1v) is 4.36. The van der Waals surface area contributed by atoms with Crippen molar-refractivity contribution >= 4 is 0 Å². The number of hydrogen-bond donors (Lipinski definition) is 2. The first-order valence-electron chi connectivity index (χ1n) is 4.36. The van der Waals surface area contributed by atoms with Crippen molar-refractivity contribution in [2.75, 3.05) is 6.54 Å². The zero-order chi connectivity index (χ0) is 6.97. The molecular formula is C8H16N2. The maximum atomic E-state index is 5.57. The third-order valence-corrected chi connectivity index (χ3v) is 2.98. The van der Waals surface area contributed by atoms with Gasteiger partial charge in [-0.25, -0.2) is 0 Å². The summed E-state index contributed by atoms with van der Waals surface area (Å²) in [5.41, 5.74) is 5.57. The van der Waals surface area contributed by atoms with Crippen molar-refractivity contribution in [3.8, 4) is 0 Å². The fourth-order valence-corrected chi connectivity index (χ4v) is 2.44. The second-order valence-electron chi connectivity index (χ2n) is 3.63. The summed E-state index contributed by atoms with van der Waals surface area (Å²) in [5.74, 6) is 0.966. The molecule has 1 saturated carbocycles. The van der Waals surface area contributed by atoms with Gasteiger partial charge < -0.3 is 11.1 Å². The predicted molar refractivity (Wildman–Crippen MR) is 41.7 cm³/mol. The van der Waals surface area contributed by atoms with E-state index in [1.54, 1.807) is 0 Å². The van der Waals surface area contributed by atoms with Crippen molar-refractivity contribution in [3.05, 3.63) is 0 Å². The Morgan fingerprint density at radius 1 is 1.40 bits per heavy atom. The molecule has 3 atom stereocenters. The second-order valence-corrected chi connectivity index (χ2v) is 3.63. The maximum absolute atomic E-state index is 5.57. The second kappa shape index (κ2) is 2.51. The van der Waals surface area contributed by atoms with Gasteiger partial charge in [0.15, 0.2) is 0 Å². The van der Waals surface area contributed by atoms with Crippen LogP contribution in [0.15, 0.2) is 0 Å². The fraction of sp³-hybridized carbons (Fsp3) is 1.00. The average Bonchev–Trinajstić information content (AvgIpc) is 2.42. The van der Waals surface area contributed by atoms with Crippen molar-refractivity contribution < 1.29 is 0 Å². The van der Waals surface area contributed by atoms with Crippen LogP contribution in [-0.4, -0.2) is 18.6 Å². The van der Waals surface area contributed by atoms with Gasteiger partial charge in [-0.3, -0.25) is 0 Å². The zero-order valence-corrected chi connectivity index (χ0v) is 6.34. The van der Waals surface area contributed by atoms with Gasteiger partial charge >= 0.3 is 0 Å². The summed E-state index contributed by atoms with van der Waals surface area (Å²) in [6, 6.07) is 1.46. The van der Waals surface area contributed by atoms with Crippen LogP contribution >= 0.6 is 0 Å². The summed E-state index contributed by atoms with van der Waals surface area (Å²) in [4.78, 5) is 0. The Morgan fingerprint density at radius 3 is 3.00 bits per heavy atom. The van der Waals surface area contributed by atoms with Gasteiger partial charge in [-0.05, 0) is 25.2 Å². The van der Waals surface area contributed by atoms with E-state index >= 15 is 0 Å². The summed E-state index contributed by atoms with van der Waals surface area (Å²) in [6.07, 6.45) is 5.59. The third kappa shape index (κ3) is 0.956. The molecule has 0 radical (unpaired) electrons. The maximum Gasteiger partial charge on any atom is 0.0196 e. The Kier molecular flexibility index (Phi) is 1.66. The molecule has 1 aliphatic carbocycles. The van der Waals surface area contributed by atoms with Crippen LogP contribution in [0, 0.1) is 5.92 Å². The van der Waals surface area contributed by atoms with Gasteiger partial charge in [-0.15, -0.1) is 0 Å². The molecule has 1 saturated heterocycles. The summed E-state index contributed by atoms with van der Waals surface area (Å²) >= 11 is 0. The lowest BCUT2D eigenvalue weighted by molar-refractivity contribution is 0.516. The van der Waals surface area contributed by atoms with Gasteiger partial charge in [0.05, 0.1) is 0 Å². The van der Waals surface area contributed by atoms with Crippen LogP contribution in [0.4, 0.5) is 0 Å². The first-order chi connectivity index (χ1) is 4.90. The van der Waals surface area contributed by atoms with E-state index in [0.29, 0.717) is 6.04 Å². The van der Waals surface area contributed by atoms with Crippen LogP contribution in [0.5, 0.6) is 0 Å². The topological polar surface area (TPSA) is 38.0 Å². The monoisotopic (exact) mass is 140 g/mol. The van der Waals surface area contributed by atoms with Gasteiger partial charge in [0.1, 0.15) is 0 Å². The minimum absolute atomic E-state index is 0.635. The highest BCUT2D eigenvalue weighted by Gasteiger charge is 2.35. The quantitative estimate of drug-likeness (QED) is 0.556. The largest absolute Gasteiger partial charge is 0.329 e. The van der Waals surface area contributed by atoms with Crippen molar-refractivity contribution in [2.24, 2.45) is 11.7 Å². The van der Waals surface area contributed by atoms with E-state index in [2.05, 4.69) is 5.32 Å². The highest BCUT2D eigenvalue weighted by atomic mass is 15.0. The molecule has 2 nitrogen and oxygen atoms in total. The van der Waals surface area contributed by atoms with Crippen molar-refractivity contribution in [1.29, 1.82) is 0 Å². The Hall–Kier alpha value is -0.0800. The molecule has 2 heteroatoms. The van der Waals surface area contributed by atoms with Crippen molar-refractivity contribution in [3.63, 3.8) is 0 Å². The summed E-state index contributed by atoms with van der Waals surface area (Å²) in [6.45, 7) is 0.826. The smallest absolute Gasteiger partial charge is 0.0196 e. The highest BCUT2D eigenvalue weighted by molar-refractivity contribution is 4.94. The molecule has 0 bridgehead atoms. The van der Waals surface area contributed by atoms with Crippen LogP contribution in [0.3, 0.4) is 0 Å². The van der Waals surface area contributed by atoms with Gasteiger partial charge in [-0.1, -0.05) is 6.42 Å². The molecule has 2 aliphatic rings. The molecule has 0 aromatic rings. The Balaban J connectivity index is 1.94. The van der Waals surface area contributed by atoms with Gasteiger partial charge in [-0.2, -0.15) is 0 Å². The highest BCUT2D eigenvalue weighted by Crippen LogP contribution is 2.34. The Bertz CT molecular complexity index is 112. The van der Waals surface area contributed by atoms with E-state index < -0.39 is 0 Å². The van der Waals surface area contributed by atoms with Crippen LogP contribution in [0.25, 0.3) is 0 Å². The predicted octanol–water partition coefficient (Wildman–Crippen LogP) is 0.476. The van der Waals surface area contributed by atoms with Crippen molar-refractivity contribution in [2.45, 2.75) is 37.8 Å².